The lowest BCUT2D eigenvalue weighted by Crippen LogP contribution is -2.30. The fourth-order valence-corrected chi connectivity index (χ4v) is 8.19. The van der Waals surface area contributed by atoms with Crippen LogP contribution in [0.15, 0.2) is 97.2 Å². The lowest BCUT2D eigenvalue weighted by Gasteiger charge is -2.18. The molecule has 406 valence electrons. The third kappa shape index (κ3) is 57.1. The van der Waals surface area contributed by atoms with Crippen molar-refractivity contribution >= 4 is 17.9 Å². The van der Waals surface area contributed by atoms with Crippen LogP contribution in [0.3, 0.4) is 0 Å². The quantitative estimate of drug-likeness (QED) is 0.0261. The minimum absolute atomic E-state index is 0.0865. The second-order valence-electron chi connectivity index (χ2n) is 19.5. The van der Waals surface area contributed by atoms with Gasteiger partial charge in [0.1, 0.15) is 13.2 Å². The second-order valence-corrected chi connectivity index (χ2v) is 19.5. The molecule has 0 aliphatic rings. The maximum absolute atomic E-state index is 12.7. The standard InChI is InChI=1S/C65H110O6/c1-4-7-10-13-15-17-19-21-22-23-24-25-26-27-28-29-30-31-32-33-34-35-36-37-38-39-40-41-42-44-45-47-49-52-55-58-64(67)70-61-62(60-69-63(66)57-54-51-12-9-6-3)71-65(68)59-56-53-50-48-46-43-20-18-16-14-11-8-5-2/h7-8,10-11,15-18,21-22,24-25,27-28,43,46,62H,4-6,9,12-14,19-20,23,26,29-42,44-45,47-61H2,1-3H3/b10-7-,11-8-,17-15-,18-16-,22-21-,25-24-,28-27-,46-43-. The van der Waals surface area contributed by atoms with E-state index in [2.05, 4.69) is 118 Å². The second kappa shape index (κ2) is 58.9. The van der Waals surface area contributed by atoms with Crippen molar-refractivity contribution in [3.63, 3.8) is 0 Å². The van der Waals surface area contributed by atoms with Crippen LogP contribution in [-0.2, 0) is 28.6 Å². The molecule has 0 aromatic rings. The van der Waals surface area contributed by atoms with Crippen molar-refractivity contribution in [3.8, 4) is 0 Å². The van der Waals surface area contributed by atoms with Crippen molar-refractivity contribution in [2.75, 3.05) is 13.2 Å². The van der Waals surface area contributed by atoms with Gasteiger partial charge >= 0.3 is 17.9 Å². The number of carbonyl (C=O) groups is 3. The van der Waals surface area contributed by atoms with E-state index in [4.69, 9.17) is 14.2 Å². The van der Waals surface area contributed by atoms with Gasteiger partial charge in [-0.15, -0.1) is 0 Å². The molecule has 0 rings (SSSR count). The molecule has 0 heterocycles. The predicted molar refractivity (Wildman–Crippen MR) is 307 cm³/mol. The fourth-order valence-electron chi connectivity index (χ4n) is 8.19. The lowest BCUT2D eigenvalue weighted by atomic mass is 10.0. The van der Waals surface area contributed by atoms with Gasteiger partial charge in [-0.05, 0) is 96.3 Å². The van der Waals surface area contributed by atoms with E-state index >= 15 is 0 Å². The first-order valence-electron chi connectivity index (χ1n) is 29.7. The Morgan fingerprint density at radius 1 is 0.296 bits per heavy atom. The highest BCUT2D eigenvalue weighted by Crippen LogP contribution is 2.16. The van der Waals surface area contributed by atoms with E-state index in [9.17, 15) is 14.4 Å². The predicted octanol–water partition coefficient (Wildman–Crippen LogP) is 20.1. The van der Waals surface area contributed by atoms with E-state index in [1.54, 1.807) is 0 Å². The average Bonchev–Trinajstić information content (AvgIpc) is 3.37. The number of hydrogen-bond donors (Lipinski definition) is 0. The summed E-state index contributed by atoms with van der Waals surface area (Å²) in [6.07, 6.45) is 79.1. The molecule has 0 bridgehead atoms. The zero-order chi connectivity index (χ0) is 51.4. The molecule has 0 saturated heterocycles. The van der Waals surface area contributed by atoms with Crippen LogP contribution in [0.25, 0.3) is 0 Å². The van der Waals surface area contributed by atoms with Gasteiger partial charge in [-0.25, -0.2) is 0 Å². The summed E-state index contributed by atoms with van der Waals surface area (Å²) in [5.41, 5.74) is 0. The summed E-state index contributed by atoms with van der Waals surface area (Å²) in [5, 5.41) is 0. The van der Waals surface area contributed by atoms with Gasteiger partial charge in [0.25, 0.3) is 0 Å². The van der Waals surface area contributed by atoms with Crippen LogP contribution in [0.5, 0.6) is 0 Å². The zero-order valence-electron chi connectivity index (χ0n) is 46.5. The van der Waals surface area contributed by atoms with Crippen molar-refractivity contribution < 1.29 is 28.6 Å². The van der Waals surface area contributed by atoms with E-state index < -0.39 is 6.10 Å². The molecule has 0 amide bonds. The number of esters is 3. The fraction of sp³-hybridized carbons (Fsp3) is 0.708. The summed E-state index contributed by atoms with van der Waals surface area (Å²) < 4.78 is 16.7. The van der Waals surface area contributed by atoms with E-state index in [0.29, 0.717) is 19.3 Å². The van der Waals surface area contributed by atoms with Crippen LogP contribution in [0.1, 0.15) is 278 Å². The van der Waals surface area contributed by atoms with Crippen molar-refractivity contribution in [2.45, 2.75) is 284 Å². The number of ether oxygens (including phenoxy) is 3. The molecule has 0 aromatic carbocycles. The first kappa shape index (κ1) is 67.3. The molecular weight excluding hydrogens is 877 g/mol. The number of carbonyl (C=O) groups excluding carboxylic acids is 3. The maximum atomic E-state index is 12.7. The van der Waals surface area contributed by atoms with Crippen LogP contribution in [0.2, 0.25) is 0 Å². The Kier molecular flexibility index (Phi) is 55.9. The molecule has 0 N–H and O–H groups in total. The molecule has 0 aliphatic heterocycles. The summed E-state index contributed by atoms with van der Waals surface area (Å²) in [6, 6.07) is 0. The third-order valence-electron chi connectivity index (χ3n) is 12.6. The Morgan fingerprint density at radius 3 is 0.873 bits per heavy atom. The molecular formula is C65H110O6. The highest BCUT2D eigenvalue weighted by atomic mass is 16.6. The van der Waals surface area contributed by atoms with Gasteiger partial charge in [0.05, 0.1) is 0 Å². The van der Waals surface area contributed by atoms with E-state index in [1.807, 2.05) is 0 Å². The molecule has 0 radical (unpaired) electrons. The van der Waals surface area contributed by atoms with Gasteiger partial charge in [-0.3, -0.25) is 14.4 Å². The van der Waals surface area contributed by atoms with Gasteiger partial charge in [0.2, 0.25) is 0 Å². The minimum atomic E-state index is -0.786. The first-order chi connectivity index (χ1) is 35.0. The van der Waals surface area contributed by atoms with Gasteiger partial charge in [0, 0.05) is 19.3 Å². The van der Waals surface area contributed by atoms with Crippen LogP contribution in [0.4, 0.5) is 0 Å². The van der Waals surface area contributed by atoms with Crippen LogP contribution in [-0.4, -0.2) is 37.2 Å². The van der Waals surface area contributed by atoms with Gasteiger partial charge in [0.15, 0.2) is 6.10 Å². The largest absolute Gasteiger partial charge is 0.462 e. The minimum Gasteiger partial charge on any atom is -0.462 e. The van der Waals surface area contributed by atoms with Crippen molar-refractivity contribution in [2.24, 2.45) is 0 Å². The maximum Gasteiger partial charge on any atom is 0.306 e. The molecule has 0 aliphatic carbocycles. The van der Waals surface area contributed by atoms with Crippen LogP contribution >= 0.6 is 0 Å². The van der Waals surface area contributed by atoms with Crippen molar-refractivity contribution in [1.82, 2.24) is 0 Å². The normalized spacial score (nSPS) is 12.8. The first-order valence-corrected chi connectivity index (χ1v) is 29.7. The van der Waals surface area contributed by atoms with E-state index in [-0.39, 0.29) is 31.1 Å². The summed E-state index contributed by atoms with van der Waals surface area (Å²) in [5.74, 6) is -0.927. The number of unbranched alkanes of at least 4 members (excludes halogenated alkanes) is 26. The molecule has 0 fully saturated rings. The smallest absolute Gasteiger partial charge is 0.306 e. The highest BCUT2D eigenvalue weighted by Gasteiger charge is 2.19. The van der Waals surface area contributed by atoms with Crippen molar-refractivity contribution in [3.05, 3.63) is 97.2 Å². The summed E-state index contributed by atoms with van der Waals surface area (Å²) in [6.45, 7) is 6.30. The lowest BCUT2D eigenvalue weighted by molar-refractivity contribution is -0.167. The number of hydrogen-bond acceptors (Lipinski definition) is 6. The van der Waals surface area contributed by atoms with Gasteiger partial charge in [-0.1, -0.05) is 259 Å². The third-order valence-corrected chi connectivity index (χ3v) is 12.6. The Hall–Kier alpha value is -3.67. The molecule has 0 aromatic heterocycles. The molecule has 6 nitrogen and oxygen atoms in total. The monoisotopic (exact) mass is 987 g/mol. The molecule has 1 unspecified atom stereocenters. The summed E-state index contributed by atoms with van der Waals surface area (Å²) in [7, 11) is 0. The Balaban J connectivity index is 3.90. The zero-order valence-corrected chi connectivity index (χ0v) is 46.5. The molecule has 71 heavy (non-hydrogen) atoms. The van der Waals surface area contributed by atoms with E-state index in [1.165, 1.54) is 116 Å². The molecule has 6 heteroatoms. The number of rotatable bonds is 53. The Labute approximate surface area is 438 Å². The SMILES string of the molecule is CC/C=C\C/C=C\C/C=C\C/C=C\C/C=C\CCCCCCCCCCCCCCCCCCCCCC(=O)OCC(COC(=O)CCCCCCC)OC(=O)CCCCC/C=C\C/C=C\C/C=C\CC. The van der Waals surface area contributed by atoms with Crippen molar-refractivity contribution in [1.29, 1.82) is 0 Å². The molecule has 0 saturated carbocycles. The number of allylic oxidation sites excluding steroid dienone is 16. The van der Waals surface area contributed by atoms with Gasteiger partial charge in [-0.2, -0.15) is 0 Å². The Morgan fingerprint density at radius 2 is 0.549 bits per heavy atom. The average molecular weight is 988 g/mol. The van der Waals surface area contributed by atoms with E-state index in [0.717, 1.165) is 122 Å². The Bertz CT molecular complexity index is 1410. The van der Waals surface area contributed by atoms with Crippen LogP contribution in [0, 0.1) is 0 Å². The molecule has 1 atom stereocenters. The van der Waals surface area contributed by atoms with Crippen LogP contribution < -0.4 is 0 Å². The summed E-state index contributed by atoms with van der Waals surface area (Å²) >= 11 is 0. The summed E-state index contributed by atoms with van der Waals surface area (Å²) in [4.78, 5) is 37.7. The topological polar surface area (TPSA) is 78.9 Å². The highest BCUT2D eigenvalue weighted by molar-refractivity contribution is 5.71. The molecule has 0 spiro atoms. The van der Waals surface area contributed by atoms with Gasteiger partial charge < -0.3 is 14.2 Å².